The van der Waals surface area contributed by atoms with Gasteiger partial charge in [0.15, 0.2) is 0 Å². The normalized spacial score (nSPS) is 14.3. The van der Waals surface area contributed by atoms with Gasteiger partial charge in [0.2, 0.25) is 5.91 Å². The van der Waals surface area contributed by atoms with Crippen LogP contribution in [-0.2, 0) is 4.79 Å². The minimum atomic E-state index is 0.0258. The predicted octanol–water partition coefficient (Wildman–Crippen LogP) is 1.63. The molecule has 0 saturated carbocycles. The second-order valence-corrected chi connectivity index (χ2v) is 4.96. The van der Waals surface area contributed by atoms with Crippen molar-refractivity contribution in [1.82, 2.24) is 9.80 Å². The minimum absolute atomic E-state index is 0.0258. The molecule has 0 saturated heterocycles. The monoisotopic (exact) mass is 230 g/mol. The van der Waals surface area contributed by atoms with Crippen LogP contribution in [0.4, 0.5) is 0 Å². The van der Waals surface area contributed by atoms with Gasteiger partial charge in [-0.05, 0) is 5.92 Å². The summed E-state index contributed by atoms with van der Waals surface area (Å²) in [7, 11) is 7.45. The number of carbonyl (C=O) groups is 1. The van der Waals surface area contributed by atoms with Gasteiger partial charge in [-0.1, -0.05) is 26.1 Å². The first kappa shape index (κ1) is 14.4. The first-order valence-electron chi connectivity index (χ1n) is 5.18. The van der Waals surface area contributed by atoms with E-state index in [1.165, 1.54) is 0 Å². The lowest BCUT2D eigenvalue weighted by molar-refractivity contribution is -0.133. The Bertz CT molecular complexity index is 239. The predicted molar refractivity (Wildman–Crippen MR) is 67.9 cm³/mol. The van der Waals surface area contributed by atoms with Gasteiger partial charge in [-0.25, -0.2) is 0 Å². The van der Waals surface area contributed by atoms with Crippen LogP contribution in [0.1, 0.15) is 20.3 Å². The molecule has 0 radical (unpaired) electrons. The lowest BCUT2D eigenvalue weighted by Crippen LogP contribution is -2.33. The molecule has 2 atom stereocenters. The Balaban J connectivity index is 4.27. The van der Waals surface area contributed by atoms with E-state index in [0.717, 1.165) is 11.4 Å². The third-order valence-electron chi connectivity index (χ3n) is 2.68. The number of rotatable bonds is 4. The molecule has 4 heteroatoms. The molecule has 0 spiro atoms. The van der Waals surface area contributed by atoms with E-state index in [0.29, 0.717) is 0 Å². The van der Waals surface area contributed by atoms with Crippen LogP contribution >= 0.6 is 12.2 Å². The van der Waals surface area contributed by atoms with Gasteiger partial charge in [-0.2, -0.15) is 0 Å². The zero-order valence-corrected chi connectivity index (χ0v) is 11.4. The van der Waals surface area contributed by atoms with Crippen molar-refractivity contribution in [3.8, 4) is 0 Å². The Morgan fingerprint density at radius 3 is 1.93 bits per heavy atom. The van der Waals surface area contributed by atoms with Crippen LogP contribution in [0.15, 0.2) is 0 Å². The molecular formula is C11H22N2OS. The quantitative estimate of drug-likeness (QED) is 0.686. The van der Waals surface area contributed by atoms with Gasteiger partial charge >= 0.3 is 0 Å². The number of amides is 1. The van der Waals surface area contributed by atoms with E-state index in [1.807, 2.05) is 25.9 Å². The zero-order chi connectivity index (χ0) is 12.2. The van der Waals surface area contributed by atoms with Crippen LogP contribution in [-0.4, -0.2) is 48.9 Å². The molecule has 0 aromatic rings. The van der Waals surface area contributed by atoms with Crippen LogP contribution in [0, 0.1) is 11.8 Å². The smallest absolute Gasteiger partial charge is 0.225 e. The molecule has 0 bridgehead atoms. The van der Waals surface area contributed by atoms with Crippen molar-refractivity contribution in [1.29, 1.82) is 0 Å². The summed E-state index contributed by atoms with van der Waals surface area (Å²) in [5.41, 5.74) is 0. The van der Waals surface area contributed by atoms with Crippen molar-refractivity contribution in [2.75, 3.05) is 28.2 Å². The van der Waals surface area contributed by atoms with Crippen LogP contribution < -0.4 is 0 Å². The van der Waals surface area contributed by atoms with Gasteiger partial charge < -0.3 is 9.80 Å². The Morgan fingerprint density at radius 1 is 1.13 bits per heavy atom. The van der Waals surface area contributed by atoms with Crippen molar-refractivity contribution in [2.24, 2.45) is 11.8 Å². The summed E-state index contributed by atoms with van der Waals surface area (Å²) in [6, 6.07) is 0. The van der Waals surface area contributed by atoms with Crippen LogP contribution in [0.2, 0.25) is 0 Å². The van der Waals surface area contributed by atoms with Gasteiger partial charge in [0.25, 0.3) is 0 Å². The van der Waals surface area contributed by atoms with Crippen molar-refractivity contribution >= 4 is 23.1 Å². The van der Waals surface area contributed by atoms with Crippen molar-refractivity contribution in [3.05, 3.63) is 0 Å². The van der Waals surface area contributed by atoms with Crippen molar-refractivity contribution in [3.63, 3.8) is 0 Å². The Hall–Kier alpha value is -0.640. The van der Waals surface area contributed by atoms with E-state index in [-0.39, 0.29) is 17.7 Å². The third kappa shape index (κ3) is 4.60. The molecule has 2 unspecified atom stereocenters. The van der Waals surface area contributed by atoms with Crippen molar-refractivity contribution < 1.29 is 4.79 Å². The second-order valence-electron chi connectivity index (χ2n) is 4.49. The summed E-state index contributed by atoms with van der Waals surface area (Å²) in [6.07, 6.45) is 0.795. The maximum absolute atomic E-state index is 11.7. The highest BCUT2D eigenvalue weighted by molar-refractivity contribution is 7.80. The molecule has 88 valence electrons. The molecule has 0 aliphatic carbocycles. The van der Waals surface area contributed by atoms with E-state index in [1.54, 1.807) is 19.0 Å². The number of hydrogen-bond acceptors (Lipinski definition) is 2. The van der Waals surface area contributed by atoms with Crippen LogP contribution in [0.25, 0.3) is 0 Å². The minimum Gasteiger partial charge on any atom is -0.372 e. The maximum atomic E-state index is 11.7. The van der Waals surface area contributed by atoms with Gasteiger partial charge in [0, 0.05) is 40.5 Å². The van der Waals surface area contributed by atoms with Crippen LogP contribution in [0.5, 0.6) is 0 Å². The van der Waals surface area contributed by atoms with E-state index in [9.17, 15) is 4.79 Å². The van der Waals surface area contributed by atoms with Crippen molar-refractivity contribution in [2.45, 2.75) is 20.3 Å². The molecule has 0 aliphatic rings. The van der Waals surface area contributed by atoms with Gasteiger partial charge in [0.05, 0.1) is 4.99 Å². The summed E-state index contributed by atoms with van der Waals surface area (Å²) >= 11 is 5.23. The summed E-state index contributed by atoms with van der Waals surface area (Å²) in [5, 5.41) is 0. The molecule has 3 nitrogen and oxygen atoms in total. The van der Waals surface area contributed by atoms with E-state index >= 15 is 0 Å². The van der Waals surface area contributed by atoms with Gasteiger partial charge in [0.1, 0.15) is 0 Å². The highest BCUT2D eigenvalue weighted by atomic mass is 32.1. The highest BCUT2D eigenvalue weighted by Gasteiger charge is 2.22. The first-order chi connectivity index (χ1) is 6.77. The molecule has 0 aliphatic heterocycles. The fourth-order valence-corrected chi connectivity index (χ4v) is 1.55. The summed E-state index contributed by atoms with van der Waals surface area (Å²) in [4.78, 5) is 16.2. The average molecular weight is 230 g/mol. The van der Waals surface area contributed by atoms with Crippen LogP contribution in [0.3, 0.4) is 0 Å². The zero-order valence-electron chi connectivity index (χ0n) is 10.6. The van der Waals surface area contributed by atoms with E-state index in [2.05, 4.69) is 6.92 Å². The number of nitrogens with zero attached hydrogens (tertiary/aromatic N) is 2. The molecule has 1 amide bonds. The van der Waals surface area contributed by atoms with E-state index < -0.39 is 0 Å². The standard InChI is InChI=1S/C11H22N2OS/c1-8(7-10(15)12(3)4)9(2)11(14)13(5)6/h8-9H,7H2,1-6H3. The molecule has 0 aromatic heterocycles. The summed E-state index contributed by atoms with van der Waals surface area (Å²) in [6.45, 7) is 4.03. The highest BCUT2D eigenvalue weighted by Crippen LogP contribution is 2.18. The molecule has 0 fully saturated rings. The Labute approximate surface area is 98.4 Å². The topological polar surface area (TPSA) is 23.6 Å². The molecule has 15 heavy (non-hydrogen) atoms. The lowest BCUT2D eigenvalue weighted by atomic mass is 9.91. The van der Waals surface area contributed by atoms with E-state index in [4.69, 9.17) is 12.2 Å². The lowest BCUT2D eigenvalue weighted by Gasteiger charge is -2.24. The Morgan fingerprint density at radius 2 is 1.60 bits per heavy atom. The second kappa shape index (κ2) is 6.05. The van der Waals surface area contributed by atoms with Gasteiger partial charge in [-0.15, -0.1) is 0 Å². The van der Waals surface area contributed by atoms with Gasteiger partial charge in [-0.3, -0.25) is 4.79 Å². The summed E-state index contributed by atoms with van der Waals surface area (Å²) < 4.78 is 0. The maximum Gasteiger partial charge on any atom is 0.225 e. The number of carbonyl (C=O) groups excluding carboxylic acids is 1. The fraction of sp³-hybridized carbons (Fsp3) is 0.818. The molecule has 0 aromatic carbocycles. The summed E-state index contributed by atoms with van der Waals surface area (Å²) in [5.74, 6) is 0.483. The SMILES string of the molecule is CC(CC(=S)N(C)C)C(C)C(=O)N(C)C. The molecular weight excluding hydrogens is 208 g/mol. The first-order valence-corrected chi connectivity index (χ1v) is 5.59. The molecule has 0 heterocycles. The molecule has 0 rings (SSSR count). The number of hydrogen-bond donors (Lipinski definition) is 0. The largest absolute Gasteiger partial charge is 0.372 e. The molecule has 0 N–H and O–H groups in total. The third-order valence-corrected chi connectivity index (χ3v) is 3.21. The average Bonchev–Trinajstić information content (AvgIpc) is 2.14. The fourth-order valence-electron chi connectivity index (χ4n) is 1.29. The Kier molecular flexibility index (Phi) is 5.80. The number of thiocarbonyl (C=S) groups is 1.